The fourth-order valence-electron chi connectivity index (χ4n) is 2.69. The zero-order chi connectivity index (χ0) is 14.8. The van der Waals surface area contributed by atoms with Crippen molar-refractivity contribution >= 4 is 6.03 Å². The summed E-state index contributed by atoms with van der Waals surface area (Å²) in [5.74, 6) is -1.31. The van der Waals surface area contributed by atoms with Gasteiger partial charge < -0.3 is 15.7 Å². The molecule has 20 heavy (non-hydrogen) atoms. The molecule has 2 aliphatic rings. The fraction of sp³-hybridized carbons (Fsp3) is 0.923. The van der Waals surface area contributed by atoms with Crippen molar-refractivity contribution in [3.05, 3.63) is 0 Å². The van der Waals surface area contributed by atoms with Gasteiger partial charge in [-0.3, -0.25) is 0 Å². The second-order valence-corrected chi connectivity index (χ2v) is 6.09. The first-order valence-electron chi connectivity index (χ1n) is 7.07. The van der Waals surface area contributed by atoms with Crippen LogP contribution in [0.1, 0.15) is 38.5 Å². The number of carbonyl (C=O) groups excluding carboxylic acids is 1. The zero-order valence-corrected chi connectivity index (χ0v) is 11.3. The molecule has 3 N–H and O–H groups in total. The SMILES string of the molecule is O=C(NCC1(CO)CC1)NC1CCCC(C(F)(F)F)C1. The number of aliphatic hydroxyl groups is 1. The first-order valence-corrected chi connectivity index (χ1v) is 7.07. The Hall–Kier alpha value is -0.980. The third-order valence-corrected chi connectivity index (χ3v) is 4.39. The smallest absolute Gasteiger partial charge is 0.391 e. The van der Waals surface area contributed by atoms with Crippen molar-refractivity contribution in [2.24, 2.45) is 11.3 Å². The highest BCUT2D eigenvalue weighted by molar-refractivity contribution is 5.74. The monoisotopic (exact) mass is 294 g/mol. The number of halogens is 3. The Bertz CT molecular complexity index is 356. The molecule has 0 radical (unpaired) electrons. The van der Waals surface area contributed by atoms with E-state index in [4.69, 9.17) is 5.11 Å². The summed E-state index contributed by atoms with van der Waals surface area (Å²) < 4.78 is 38.0. The number of hydrogen-bond donors (Lipinski definition) is 3. The van der Waals surface area contributed by atoms with Gasteiger partial charge in [-0.05, 0) is 32.1 Å². The highest BCUT2D eigenvalue weighted by Crippen LogP contribution is 2.44. The Morgan fingerprint density at radius 2 is 2.00 bits per heavy atom. The topological polar surface area (TPSA) is 61.4 Å². The van der Waals surface area contributed by atoms with Crippen LogP contribution in [0.15, 0.2) is 0 Å². The second kappa shape index (κ2) is 5.79. The third-order valence-electron chi connectivity index (χ3n) is 4.39. The molecular formula is C13H21F3N2O2. The van der Waals surface area contributed by atoms with E-state index in [9.17, 15) is 18.0 Å². The average molecular weight is 294 g/mol. The van der Waals surface area contributed by atoms with Gasteiger partial charge in [0.1, 0.15) is 0 Å². The van der Waals surface area contributed by atoms with Gasteiger partial charge in [0, 0.05) is 18.0 Å². The van der Waals surface area contributed by atoms with E-state index in [1.807, 2.05) is 0 Å². The third kappa shape index (κ3) is 4.01. The van der Waals surface area contributed by atoms with E-state index < -0.39 is 24.2 Å². The first kappa shape index (κ1) is 15.4. The van der Waals surface area contributed by atoms with Crippen LogP contribution in [0.2, 0.25) is 0 Å². The number of aliphatic hydroxyl groups excluding tert-OH is 1. The molecule has 2 rings (SSSR count). The summed E-state index contributed by atoms with van der Waals surface area (Å²) in [6.07, 6.45) is -1.24. The summed E-state index contributed by atoms with van der Waals surface area (Å²) in [6.45, 7) is 0.414. The average Bonchev–Trinajstić information content (AvgIpc) is 3.16. The molecule has 0 aromatic rings. The van der Waals surface area contributed by atoms with Crippen LogP contribution >= 0.6 is 0 Å². The highest BCUT2D eigenvalue weighted by Gasteiger charge is 2.43. The Morgan fingerprint density at radius 1 is 1.30 bits per heavy atom. The summed E-state index contributed by atoms with van der Waals surface area (Å²) >= 11 is 0. The number of urea groups is 1. The molecule has 7 heteroatoms. The van der Waals surface area contributed by atoms with Gasteiger partial charge in [0.2, 0.25) is 0 Å². The predicted molar refractivity (Wildman–Crippen MR) is 67.1 cm³/mol. The fourth-order valence-corrected chi connectivity index (χ4v) is 2.69. The van der Waals surface area contributed by atoms with Crippen molar-refractivity contribution in [2.75, 3.05) is 13.2 Å². The highest BCUT2D eigenvalue weighted by atomic mass is 19.4. The molecule has 2 aliphatic carbocycles. The summed E-state index contributed by atoms with van der Waals surface area (Å²) in [7, 11) is 0. The maximum Gasteiger partial charge on any atom is 0.391 e. The molecule has 0 aromatic carbocycles. The largest absolute Gasteiger partial charge is 0.396 e. The van der Waals surface area contributed by atoms with Crippen molar-refractivity contribution in [3.8, 4) is 0 Å². The minimum Gasteiger partial charge on any atom is -0.396 e. The molecule has 4 nitrogen and oxygen atoms in total. The number of carbonyl (C=O) groups is 1. The molecule has 116 valence electrons. The van der Waals surface area contributed by atoms with Crippen LogP contribution < -0.4 is 10.6 Å². The van der Waals surface area contributed by atoms with Crippen molar-refractivity contribution in [2.45, 2.75) is 50.7 Å². The lowest BCUT2D eigenvalue weighted by Crippen LogP contribution is -2.47. The van der Waals surface area contributed by atoms with Gasteiger partial charge in [0.05, 0.1) is 12.5 Å². The molecule has 0 spiro atoms. The van der Waals surface area contributed by atoms with Gasteiger partial charge in [0.25, 0.3) is 0 Å². The van der Waals surface area contributed by atoms with E-state index in [1.165, 1.54) is 0 Å². The standard InChI is InChI=1S/C13H21F3N2O2/c14-13(15,16)9-2-1-3-10(6-9)18-11(20)17-7-12(8-19)4-5-12/h9-10,19H,1-8H2,(H2,17,18,20). The number of hydrogen-bond acceptors (Lipinski definition) is 2. The Balaban J connectivity index is 1.73. The zero-order valence-electron chi connectivity index (χ0n) is 11.3. The van der Waals surface area contributed by atoms with Crippen LogP contribution in [-0.4, -0.2) is 36.5 Å². The van der Waals surface area contributed by atoms with Crippen LogP contribution in [0.3, 0.4) is 0 Å². The molecule has 2 atom stereocenters. The molecule has 2 amide bonds. The normalized spacial score (nSPS) is 28.8. The number of nitrogens with one attached hydrogen (secondary N) is 2. The van der Waals surface area contributed by atoms with Crippen molar-refractivity contribution in [3.63, 3.8) is 0 Å². The lowest BCUT2D eigenvalue weighted by atomic mass is 9.85. The predicted octanol–water partition coefficient (Wildman–Crippen LogP) is 2.18. The molecular weight excluding hydrogens is 273 g/mol. The minimum absolute atomic E-state index is 0.0346. The van der Waals surface area contributed by atoms with E-state index in [1.54, 1.807) is 0 Å². The lowest BCUT2D eigenvalue weighted by molar-refractivity contribution is -0.183. The second-order valence-electron chi connectivity index (χ2n) is 6.09. The van der Waals surface area contributed by atoms with Crippen LogP contribution in [0.25, 0.3) is 0 Å². The van der Waals surface area contributed by atoms with Crippen molar-refractivity contribution in [1.29, 1.82) is 0 Å². The summed E-state index contributed by atoms with van der Waals surface area (Å²) in [4.78, 5) is 11.7. The quantitative estimate of drug-likeness (QED) is 0.744. The van der Waals surface area contributed by atoms with E-state index in [0.29, 0.717) is 19.4 Å². The number of alkyl halides is 3. The van der Waals surface area contributed by atoms with E-state index in [-0.39, 0.29) is 24.9 Å². The maximum atomic E-state index is 12.7. The van der Waals surface area contributed by atoms with Gasteiger partial charge in [-0.25, -0.2) is 4.79 Å². The number of rotatable bonds is 4. The van der Waals surface area contributed by atoms with Gasteiger partial charge in [0.15, 0.2) is 0 Å². The van der Waals surface area contributed by atoms with E-state index in [0.717, 1.165) is 12.8 Å². The molecule has 2 unspecified atom stereocenters. The molecule has 0 aromatic heterocycles. The molecule has 2 saturated carbocycles. The van der Waals surface area contributed by atoms with Crippen LogP contribution in [-0.2, 0) is 0 Å². The van der Waals surface area contributed by atoms with Gasteiger partial charge in [-0.15, -0.1) is 0 Å². The molecule has 0 aliphatic heterocycles. The summed E-state index contributed by atoms with van der Waals surface area (Å²) in [5.41, 5.74) is -0.196. The van der Waals surface area contributed by atoms with E-state index in [2.05, 4.69) is 10.6 Å². The van der Waals surface area contributed by atoms with E-state index >= 15 is 0 Å². The lowest BCUT2D eigenvalue weighted by Gasteiger charge is -2.31. The van der Waals surface area contributed by atoms with Gasteiger partial charge in [-0.1, -0.05) is 6.42 Å². The molecule has 0 bridgehead atoms. The van der Waals surface area contributed by atoms with Gasteiger partial charge in [-0.2, -0.15) is 13.2 Å². The summed E-state index contributed by atoms with van der Waals surface area (Å²) in [6, 6.07) is -0.850. The Morgan fingerprint density at radius 3 is 2.55 bits per heavy atom. The molecule has 2 fully saturated rings. The Labute approximate surface area is 116 Å². The van der Waals surface area contributed by atoms with Gasteiger partial charge >= 0.3 is 12.2 Å². The first-order chi connectivity index (χ1) is 9.35. The number of amides is 2. The molecule has 0 saturated heterocycles. The van der Waals surface area contributed by atoms with Crippen LogP contribution in [0, 0.1) is 11.3 Å². The summed E-state index contributed by atoms with van der Waals surface area (Å²) in [5, 5.41) is 14.4. The van der Waals surface area contributed by atoms with Crippen LogP contribution in [0.4, 0.5) is 18.0 Å². The van der Waals surface area contributed by atoms with Crippen LogP contribution in [0.5, 0.6) is 0 Å². The van der Waals surface area contributed by atoms with Crippen molar-refractivity contribution in [1.82, 2.24) is 10.6 Å². The Kier molecular flexibility index (Phi) is 4.46. The molecule has 0 heterocycles. The van der Waals surface area contributed by atoms with Crippen molar-refractivity contribution < 1.29 is 23.1 Å². The minimum atomic E-state index is -4.17. The maximum absolute atomic E-state index is 12.7.